The summed E-state index contributed by atoms with van der Waals surface area (Å²) in [5.41, 5.74) is 4.41. The summed E-state index contributed by atoms with van der Waals surface area (Å²) in [5, 5.41) is 3.70. The number of thiophene rings is 1. The Balaban J connectivity index is 1.89. The van der Waals surface area contributed by atoms with Crippen LogP contribution in [0.1, 0.15) is 31.9 Å². The number of benzene rings is 2. The van der Waals surface area contributed by atoms with Gasteiger partial charge in [-0.1, -0.05) is 57.2 Å². The normalized spacial score (nSPS) is 12.7. The van der Waals surface area contributed by atoms with E-state index in [0.29, 0.717) is 0 Å². The van der Waals surface area contributed by atoms with E-state index in [-0.39, 0.29) is 5.41 Å². The molecule has 1 aromatic heterocycles. The maximum atomic E-state index is 2.31. The van der Waals surface area contributed by atoms with E-state index in [9.17, 15) is 0 Å². The number of rotatable bonds is 3. The summed E-state index contributed by atoms with van der Waals surface area (Å²) in [5.74, 6) is 0. The molecular weight excluding hydrogens is 298 g/mol. The first kappa shape index (κ1) is 16.2. The molecule has 3 rings (SSSR count). The average molecular weight is 325 g/mol. The van der Waals surface area contributed by atoms with Crippen LogP contribution in [-0.4, -0.2) is 14.1 Å². The van der Waals surface area contributed by atoms with E-state index in [2.05, 4.69) is 88.8 Å². The van der Waals surface area contributed by atoms with Crippen molar-refractivity contribution >= 4 is 27.1 Å². The van der Waals surface area contributed by atoms with Crippen molar-refractivity contribution < 1.29 is 0 Å². The molecule has 120 valence electrons. The van der Waals surface area contributed by atoms with Crippen LogP contribution >= 0.6 is 11.3 Å². The number of hydrogen-bond acceptors (Lipinski definition) is 1. The number of hydrogen-bond donors (Lipinski definition) is 0. The zero-order valence-electron chi connectivity index (χ0n) is 14.8. The molecule has 0 aliphatic rings. The van der Waals surface area contributed by atoms with Gasteiger partial charge >= 0.3 is 0 Å². The Morgan fingerprint density at radius 1 is 0.913 bits per heavy atom. The van der Waals surface area contributed by atoms with Gasteiger partial charge in [0.05, 0.1) is 24.9 Å². The van der Waals surface area contributed by atoms with Gasteiger partial charge < -0.3 is 0 Å². The van der Waals surface area contributed by atoms with Crippen molar-refractivity contribution in [2.45, 2.75) is 32.7 Å². The molecule has 1 heterocycles. The van der Waals surface area contributed by atoms with Crippen LogP contribution in [0.15, 0.2) is 53.9 Å². The van der Waals surface area contributed by atoms with Gasteiger partial charge in [-0.15, -0.1) is 11.3 Å². The quantitative estimate of drug-likeness (QED) is 0.521. The van der Waals surface area contributed by atoms with Crippen LogP contribution in [0.2, 0.25) is 0 Å². The van der Waals surface area contributed by atoms with Gasteiger partial charge in [0.15, 0.2) is 5.69 Å². The number of quaternary nitrogens is 1. The van der Waals surface area contributed by atoms with E-state index in [1.165, 1.54) is 26.9 Å². The third-order valence-corrected chi connectivity index (χ3v) is 5.46. The molecule has 0 aliphatic carbocycles. The Hall–Kier alpha value is -1.64. The molecule has 2 aromatic carbocycles. The van der Waals surface area contributed by atoms with Crippen LogP contribution < -0.4 is 4.48 Å². The highest BCUT2D eigenvalue weighted by Gasteiger charge is 2.24. The summed E-state index contributed by atoms with van der Waals surface area (Å²) in [6.07, 6.45) is 0. The summed E-state index contributed by atoms with van der Waals surface area (Å²) >= 11 is 1.84. The molecule has 0 fully saturated rings. The van der Waals surface area contributed by atoms with E-state index in [4.69, 9.17) is 0 Å². The minimum atomic E-state index is 0.215. The fourth-order valence-corrected chi connectivity index (χ4v) is 4.19. The standard InChI is InChI=1S/C21H26NS/c1-21(2,3)17-12-10-16(11-13-17)14-22(4,5)19-15-23-20-9-7-6-8-18(19)20/h6-13,15H,14H2,1-5H3/q+1. The third kappa shape index (κ3) is 3.34. The van der Waals surface area contributed by atoms with Crippen molar-refractivity contribution in [3.05, 3.63) is 65.0 Å². The van der Waals surface area contributed by atoms with Crippen LogP contribution in [0.25, 0.3) is 10.1 Å². The Morgan fingerprint density at radius 3 is 2.22 bits per heavy atom. The smallest absolute Gasteiger partial charge is 0.151 e. The largest absolute Gasteiger partial charge is 0.291 e. The molecule has 2 heteroatoms. The maximum absolute atomic E-state index is 2.31. The highest BCUT2D eigenvalue weighted by Crippen LogP contribution is 2.36. The fourth-order valence-electron chi connectivity index (χ4n) is 3.08. The second-order valence-corrected chi connectivity index (χ2v) is 8.82. The van der Waals surface area contributed by atoms with Gasteiger partial charge in [-0.2, -0.15) is 0 Å². The molecule has 0 bridgehead atoms. The lowest BCUT2D eigenvalue weighted by molar-refractivity contribution is 0.395. The average Bonchev–Trinajstić information content (AvgIpc) is 2.91. The second-order valence-electron chi connectivity index (χ2n) is 7.91. The molecule has 3 aromatic rings. The van der Waals surface area contributed by atoms with E-state index in [1.54, 1.807) is 0 Å². The lowest BCUT2D eigenvalue weighted by atomic mass is 9.86. The van der Waals surface area contributed by atoms with Crippen LogP contribution in [0.5, 0.6) is 0 Å². The van der Waals surface area contributed by atoms with Crippen molar-refractivity contribution in [2.24, 2.45) is 0 Å². The minimum absolute atomic E-state index is 0.215. The van der Waals surface area contributed by atoms with Crippen molar-refractivity contribution in [1.82, 2.24) is 4.48 Å². The Labute approximate surface area is 143 Å². The SMILES string of the molecule is CC(C)(C)c1ccc(C[N+](C)(C)c2csc3ccccc23)cc1. The van der Waals surface area contributed by atoms with Gasteiger partial charge in [0.2, 0.25) is 0 Å². The molecule has 0 saturated heterocycles. The Kier molecular flexibility index (Phi) is 4.07. The molecule has 0 aliphatic heterocycles. The number of fused-ring (bicyclic) bond motifs is 1. The highest BCUT2D eigenvalue weighted by atomic mass is 32.1. The molecule has 0 radical (unpaired) electrons. The number of nitrogens with zero attached hydrogens (tertiary/aromatic N) is 1. The molecule has 23 heavy (non-hydrogen) atoms. The van der Waals surface area contributed by atoms with E-state index < -0.39 is 0 Å². The third-order valence-electron chi connectivity index (χ3n) is 4.51. The summed E-state index contributed by atoms with van der Waals surface area (Å²) in [4.78, 5) is 0. The zero-order chi connectivity index (χ0) is 16.7. The van der Waals surface area contributed by atoms with Gasteiger partial charge in [0.1, 0.15) is 6.54 Å². The maximum Gasteiger partial charge on any atom is 0.151 e. The van der Waals surface area contributed by atoms with E-state index >= 15 is 0 Å². The summed E-state index contributed by atoms with van der Waals surface area (Å²) in [7, 11) is 4.60. The predicted molar refractivity (Wildman–Crippen MR) is 104 cm³/mol. The molecular formula is C21H26NS+. The molecule has 0 atom stereocenters. The summed E-state index contributed by atoms with van der Waals surface area (Å²) in [6, 6.07) is 17.8. The molecule has 0 unspecified atom stereocenters. The Bertz CT molecular complexity index is 804. The van der Waals surface area contributed by atoms with Crippen molar-refractivity contribution in [3.8, 4) is 0 Å². The summed E-state index contributed by atoms with van der Waals surface area (Å²) < 4.78 is 2.25. The van der Waals surface area contributed by atoms with Gasteiger partial charge in [-0.25, -0.2) is 0 Å². The Morgan fingerprint density at radius 2 is 1.57 bits per heavy atom. The van der Waals surface area contributed by atoms with Crippen LogP contribution in [0.3, 0.4) is 0 Å². The van der Waals surface area contributed by atoms with Gasteiger partial charge in [-0.3, -0.25) is 4.48 Å². The molecule has 0 spiro atoms. The lowest BCUT2D eigenvalue weighted by Crippen LogP contribution is -2.39. The van der Waals surface area contributed by atoms with Crippen LogP contribution in [0.4, 0.5) is 5.69 Å². The first-order valence-electron chi connectivity index (χ1n) is 8.17. The van der Waals surface area contributed by atoms with Crippen molar-refractivity contribution in [1.29, 1.82) is 0 Å². The molecule has 0 amide bonds. The highest BCUT2D eigenvalue weighted by molar-refractivity contribution is 7.17. The minimum Gasteiger partial charge on any atom is -0.291 e. The van der Waals surface area contributed by atoms with Crippen LogP contribution in [-0.2, 0) is 12.0 Å². The summed E-state index contributed by atoms with van der Waals surface area (Å²) in [6.45, 7) is 7.80. The first-order chi connectivity index (χ1) is 10.8. The topological polar surface area (TPSA) is 0 Å². The van der Waals surface area contributed by atoms with E-state index in [0.717, 1.165) is 11.0 Å². The molecule has 1 nitrogen and oxygen atoms in total. The van der Waals surface area contributed by atoms with Gasteiger partial charge in [-0.05, 0) is 23.1 Å². The second kappa shape index (κ2) is 5.77. The first-order valence-corrected chi connectivity index (χ1v) is 9.04. The van der Waals surface area contributed by atoms with Gasteiger partial charge in [0, 0.05) is 10.3 Å². The predicted octanol–water partition coefficient (Wildman–Crippen LogP) is 5.97. The van der Waals surface area contributed by atoms with Crippen molar-refractivity contribution in [2.75, 3.05) is 14.1 Å². The lowest BCUT2D eigenvalue weighted by Gasteiger charge is -2.29. The van der Waals surface area contributed by atoms with E-state index in [1.807, 2.05) is 11.3 Å². The monoisotopic (exact) mass is 324 g/mol. The zero-order valence-corrected chi connectivity index (χ0v) is 15.6. The van der Waals surface area contributed by atoms with Crippen molar-refractivity contribution in [3.63, 3.8) is 0 Å². The molecule has 0 N–H and O–H groups in total. The fraction of sp³-hybridized carbons (Fsp3) is 0.333. The van der Waals surface area contributed by atoms with Crippen LogP contribution in [0, 0.1) is 0 Å². The van der Waals surface area contributed by atoms with Gasteiger partial charge in [0.25, 0.3) is 0 Å². The molecule has 0 saturated carbocycles.